The van der Waals surface area contributed by atoms with Crippen LogP contribution in [0.3, 0.4) is 0 Å². The third-order valence-corrected chi connectivity index (χ3v) is 4.38. The molecule has 24 heavy (non-hydrogen) atoms. The van der Waals surface area contributed by atoms with Crippen molar-refractivity contribution < 1.29 is 19.1 Å². The standard InChI is InChI=1S/C17H21N3O4/c1-2-24-17(23)11-5-7-20(8-6-11)16(22)12-3-4-13-14(9-12)19-15(21)10-18-13/h3-4,9,11,18H,2,5-8,10H2,1H3,(H,19,21). The Balaban J connectivity index is 1.64. The minimum absolute atomic E-state index is 0.0834. The third-order valence-electron chi connectivity index (χ3n) is 4.38. The van der Waals surface area contributed by atoms with Crippen molar-refractivity contribution in [3.63, 3.8) is 0 Å². The van der Waals surface area contributed by atoms with Crippen LogP contribution < -0.4 is 10.6 Å². The summed E-state index contributed by atoms with van der Waals surface area (Å²) in [4.78, 5) is 37.6. The van der Waals surface area contributed by atoms with Gasteiger partial charge in [0.1, 0.15) is 0 Å². The zero-order chi connectivity index (χ0) is 17.1. The molecule has 2 aliphatic heterocycles. The molecule has 2 N–H and O–H groups in total. The normalized spacial score (nSPS) is 17.5. The highest BCUT2D eigenvalue weighted by molar-refractivity contribution is 6.03. The van der Waals surface area contributed by atoms with Crippen molar-refractivity contribution in [2.24, 2.45) is 5.92 Å². The van der Waals surface area contributed by atoms with Gasteiger partial charge in [0.2, 0.25) is 5.91 Å². The monoisotopic (exact) mass is 331 g/mol. The summed E-state index contributed by atoms with van der Waals surface area (Å²) >= 11 is 0. The molecule has 1 aromatic rings. The number of rotatable bonds is 3. The molecule has 1 aromatic carbocycles. The van der Waals surface area contributed by atoms with Gasteiger partial charge >= 0.3 is 5.97 Å². The van der Waals surface area contributed by atoms with Gasteiger partial charge in [-0.15, -0.1) is 0 Å². The van der Waals surface area contributed by atoms with Gasteiger partial charge in [-0.25, -0.2) is 0 Å². The lowest BCUT2D eigenvalue weighted by Crippen LogP contribution is -2.40. The molecule has 128 valence electrons. The number of piperidine rings is 1. The summed E-state index contributed by atoms with van der Waals surface area (Å²) in [5, 5.41) is 5.76. The maximum atomic E-state index is 12.6. The Morgan fingerprint density at radius 3 is 2.71 bits per heavy atom. The number of carbonyl (C=O) groups excluding carboxylic acids is 3. The Labute approximate surface area is 140 Å². The van der Waals surface area contributed by atoms with Gasteiger partial charge in [-0.05, 0) is 38.0 Å². The number of hydrogen-bond donors (Lipinski definition) is 2. The highest BCUT2D eigenvalue weighted by atomic mass is 16.5. The number of hydrogen-bond acceptors (Lipinski definition) is 5. The number of carbonyl (C=O) groups is 3. The molecule has 2 heterocycles. The fourth-order valence-corrected chi connectivity index (χ4v) is 3.07. The van der Waals surface area contributed by atoms with E-state index in [9.17, 15) is 14.4 Å². The van der Waals surface area contributed by atoms with Crippen LogP contribution in [0.15, 0.2) is 18.2 Å². The SMILES string of the molecule is CCOC(=O)C1CCN(C(=O)c2ccc3c(c2)NC(=O)CN3)CC1. The average Bonchev–Trinajstić information content (AvgIpc) is 2.60. The third kappa shape index (κ3) is 3.34. The molecule has 7 nitrogen and oxygen atoms in total. The van der Waals surface area contributed by atoms with Gasteiger partial charge in [0, 0.05) is 18.7 Å². The lowest BCUT2D eigenvalue weighted by Gasteiger charge is -2.31. The number of fused-ring (bicyclic) bond motifs is 1. The molecule has 7 heteroatoms. The van der Waals surface area contributed by atoms with Crippen LogP contribution in [-0.2, 0) is 14.3 Å². The first kappa shape index (κ1) is 16.3. The Hall–Kier alpha value is -2.57. The molecular weight excluding hydrogens is 310 g/mol. The molecule has 2 aliphatic rings. The van der Waals surface area contributed by atoms with Gasteiger partial charge in [-0.1, -0.05) is 0 Å². The number of benzene rings is 1. The van der Waals surface area contributed by atoms with E-state index in [1.54, 1.807) is 30.0 Å². The highest BCUT2D eigenvalue weighted by Gasteiger charge is 2.29. The second kappa shape index (κ2) is 6.90. The molecule has 0 aliphatic carbocycles. The second-order valence-electron chi connectivity index (χ2n) is 5.98. The summed E-state index contributed by atoms with van der Waals surface area (Å²) in [6.45, 7) is 3.48. The molecule has 0 unspecified atom stereocenters. The second-order valence-corrected chi connectivity index (χ2v) is 5.98. The van der Waals surface area contributed by atoms with Crippen molar-refractivity contribution in [2.45, 2.75) is 19.8 Å². The van der Waals surface area contributed by atoms with Gasteiger partial charge in [0.25, 0.3) is 5.91 Å². The zero-order valence-electron chi connectivity index (χ0n) is 13.6. The van der Waals surface area contributed by atoms with Crippen LogP contribution in [0.1, 0.15) is 30.1 Å². The molecule has 0 bridgehead atoms. The number of nitrogens with zero attached hydrogens (tertiary/aromatic N) is 1. The number of amides is 2. The van der Waals surface area contributed by atoms with E-state index in [0.29, 0.717) is 43.8 Å². The van der Waals surface area contributed by atoms with Crippen molar-refractivity contribution in [3.05, 3.63) is 23.8 Å². The number of likely N-dealkylation sites (tertiary alicyclic amines) is 1. The first-order chi connectivity index (χ1) is 11.6. The van der Waals surface area contributed by atoms with Crippen molar-refractivity contribution in [1.29, 1.82) is 0 Å². The van der Waals surface area contributed by atoms with Gasteiger partial charge in [0.05, 0.1) is 30.4 Å². The molecule has 0 spiro atoms. The maximum absolute atomic E-state index is 12.6. The number of nitrogens with one attached hydrogen (secondary N) is 2. The summed E-state index contributed by atoms with van der Waals surface area (Å²) < 4.78 is 5.04. The van der Waals surface area contributed by atoms with Crippen LogP contribution in [0.4, 0.5) is 11.4 Å². The first-order valence-electron chi connectivity index (χ1n) is 8.22. The maximum Gasteiger partial charge on any atom is 0.309 e. The van der Waals surface area contributed by atoms with E-state index >= 15 is 0 Å². The Morgan fingerprint density at radius 2 is 2.00 bits per heavy atom. The fourth-order valence-electron chi connectivity index (χ4n) is 3.07. The minimum Gasteiger partial charge on any atom is -0.466 e. The van der Waals surface area contributed by atoms with Crippen molar-refractivity contribution >= 4 is 29.2 Å². The van der Waals surface area contributed by atoms with E-state index in [2.05, 4.69) is 10.6 Å². The summed E-state index contributed by atoms with van der Waals surface area (Å²) in [6.07, 6.45) is 1.24. The van der Waals surface area contributed by atoms with E-state index in [4.69, 9.17) is 4.74 Å². The number of ether oxygens (including phenoxy) is 1. The van der Waals surface area contributed by atoms with E-state index in [-0.39, 0.29) is 30.2 Å². The predicted molar refractivity (Wildman–Crippen MR) is 88.8 cm³/mol. The van der Waals surface area contributed by atoms with E-state index in [1.165, 1.54) is 0 Å². The van der Waals surface area contributed by atoms with E-state index < -0.39 is 0 Å². The highest BCUT2D eigenvalue weighted by Crippen LogP contribution is 2.27. The molecule has 0 aromatic heterocycles. The molecule has 2 amide bonds. The zero-order valence-corrected chi connectivity index (χ0v) is 13.6. The van der Waals surface area contributed by atoms with Crippen LogP contribution in [0.25, 0.3) is 0 Å². The van der Waals surface area contributed by atoms with Crippen molar-refractivity contribution in [3.8, 4) is 0 Å². The molecular formula is C17H21N3O4. The number of anilines is 2. The lowest BCUT2D eigenvalue weighted by atomic mass is 9.96. The molecule has 0 radical (unpaired) electrons. The first-order valence-corrected chi connectivity index (χ1v) is 8.22. The Morgan fingerprint density at radius 1 is 1.25 bits per heavy atom. The van der Waals surface area contributed by atoms with Gasteiger partial charge in [-0.2, -0.15) is 0 Å². The van der Waals surface area contributed by atoms with Crippen molar-refractivity contribution in [2.75, 3.05) is 36.9 Å². The molecule has 1 fully saturated rings. The molecule has 0 saturated carbocycles. The number of esters is 1. The van der Waals surface area contributed by atoms with Crippen molar-refractivity contribution in [1.82, 2.24) is 4.90 Å². The van der Waals surface area contributed by atoms with Gasteiger partial charge < -0.3 is 20.3 Å². The van der Waals surface area contributed by atoms with Gasteiger partial charge in [-0.3, -0.25) is 14.4 Å². The topological polar surface area (TPSA) is 87.7 Å². The quantitative estimate of drug-likeness (QED) is 0.819. The summed E-state index contributed by atoms with van der Waals surface area (Å²) in [6, 6.07) is 5.25. The molecule has 0 atom stereocenters. The predicted octanol–water partition coefficient (Wildman–Crippen LogP) is 1.47. The lowest BCUT2D eigenvalue weighted by molar-refractivity contribution is -0.149. The van der Waals surface area contributed by atoms with Gasteiger partial charge in [0.15, 0.2) is 0 Å². The van der Waals surface area contributed by atoms with Crippen LogP contribution in [0, 0.1) is 5.92 Å². The Kier molecular flexibility index (Phi) is 4.69. The summed E-state index contributed by atoms with van der Waals surface area (Å²) in [5.74, 6) is -0.504. The fraction of sp³-hybridized carbons (Fsp3) is 0.471. The summed E-state index contributed by atoms with van der Waals surface area (Å²) in [7, 11) is 0. The van der Waals surface area contributed by atoms with Crippen LogP contribution in [0.5, 0.6) is 0 Å². The molecule has 3 rings (SSSR count). The average molecular weight is 331 g/mol. The largest absolute Gasteiger partial charge is 0.466 e. The smallest absolute Gasteiger partial charge is 0.309 e. The molecule has 1 saturated heterocycles. The van der Waals surface area contributed by atoms with Crippen LogP contribution >= 0.6 is 0 Å². The summed E-state index contributed by atoms with van der Waals surface area (Å²) in [5.41, 5.74) is 1.97. The van der Waals surface area contributed by atoms with E-state index in [0.717, 1.165) is 5.69 Å². The van der Waals surface area contributed by atoms with E-state index in [1.807, 2.05) is 0 Å². The Bertz CT molecular complexity index is 666. The minimum atomic E-state index is -0.174. The van der Waals surface area contributed by atoms with Crippen LogP contribution in [-0.4, -0.2) is 48.9 Å². The van der Waals surface area contributed by atoms with Crippen LogP contribution in [0.2, 0.25) is 0 Å².